The van der Waals surface area contributed by atoms with Gasteiger partial charge >= 0.3 is 0 Å². The second-order valence-corrected chi connectivity index (χ2v) is 8.24. The molecule has 0 bridgehead atoms. The molecule has 0 radical (unpaired) electrons. The van der Waals surface area contributed by atoms with Crippen molar-refractivity contribution < 1.29 is 8.42 Å². The molecular formula is C8H11BrN2O2S2. The van der Waals surface area contributed by atoms with Gasteiger partial charge in [0.15, 0.2) is 15.0 Å². The van der Waals surface area contributed by atoms with Gasteiger partial charge in [0, 0.05) is 17.1 Å². The molecule has 0 unspecified atom stereocenters. The van der Waals surface area contributed by atoms with Crippen molar-refractivity contribution in [3.63, 3.8) is 0 Å². The maximum atomic E-state index is 11.5. The molecule has 3 aliphatic heterocycles. The number of alkyl halides is 1. The van der Waals surface area contributed by atoms with Crippen LogP contribution in [0.5, 0.6) is 0 Å². The fourth-order valence-corrected chi connectivity index (χ4v) is 6.00. The van der Waals surface area contributed by atoms with E-state index < -0.39 is 9.84 Å². The molecular weight excluding hydrogens is 300 g/mol. The molecule has 0 N–H and O–H groups in total. The highest BCUT2D eigenvalue weighted by molar-refractivity contribution is 9.09. The van der Waals surface area contributed by atoms with Crippen LogP contribution in [-0.4, -0.2) is 59.2 Å². The third-order valence-corrected chi connectivity index (χ3v) is 7.17. The van der Waals surface area contributed by atoms with Crippen LogP contribution in [0.15, 0.2) is 4.99 Å². The molecule has 2 saturated heterocycles. The number of amidine groups is 1. The van der Waals surface area contributed by atoms with Crippen LogP contribution in [0.2, 0.25) is 0 Å². The van der Waals surface area contributed by atoms with Crippen molar-refractivity contribution in [3.05, 3.63) is 0 Å². The van der Waals surface area contributed by atoms with Gasteiger partial charge in [-0.05, 0) is 0 Å². The zero-order valence-electron chi connectivity index (χ0n) is 7.97. The molecule has 3 aliphatic rings. The third kappa shape index (κ3) is 1.63. The number of fused-ring (bicyclic) bond motifs is 3. The molecule has 84 valence electrons. The lowest BCUT2D eigenvalue weighted by Crippen LogP contribution is -2.38. The molecule has 0 amide bonds. The van der Waals surface area contributed by atoms with Crippen molar-refractivity contribution in [2.24, 2.45) is 4.99 Å². The quantitative estimate of drug-likeness (QED) is 0.655. The van der Waals surface area contributed by atoms with Crippen LogP contribution in [0.3, 0.4) is 0 Å². The molecule has 0 spiro atoms. The normalized spacial score (nSPS) is 41.5. The largest absolute Gasteiger partial charge is 0.344 e. The Labute approximate surface area is 102 Å². The molecule has 0 aromatic heterocycles. The minimum absolute atomic E-state index is 0.00813. The van der Waals surface area contributed by atoms with Gasteiger partial charge in [-0.3, -0.25) is 4.99 Å². The average Bonchev–Trinajstić information content (AvgIpc) is 2.72. The molecule has 0 saturated carbocycles. The molecule has 0 aliphatic carbocycles. The van der Waals surface area contributed by atoms with E-state index in [4.69, 9.17) is 0 Å². The van der Waals surface area contributed by atoms with Crippen LogP contribution in [0.1, 0.15) is 0 Å². The summed E-state index contributed by atoms with van der Waals surface area (Å²) in [6.45, 7) is 0.936. The van der Waals surface area contributed by atoms with Crippen LogP contribution in [0.4, 0.5) is 0 Å². The maximum absolute atomic E-state index is 11.5. The molecule has 0 aromatic carbocycles. The maximum Gasteiger partial charge on any atom is 0.160 e. The minimum atomic E-state index is -2.84. The van der Waals surface area contributed by atoms with E-state index in [2.05, 4.69) is 25.8 Å². The van der Waals surface area contributed by atoms with E-state index in [9.17, 15) is 8.42 Å². The summed E-state index contributed by atoms with van der Waals surface area (Å²) in [6.07, 6.45) is 0. The van der Waals surface area contributed by atoms with Gasteiger partial charge in [-0.1, -0.05) is 27.7 Å². The van der Waals surface area contributed by atoms with Gasteiger partial charge in [0.1, 0.15) is 0 Å². The summed E-state index contributed by atoms with van der Waals surface area (Å²) in [4.78, 5) is 6.70. The fourth-order valence-electron chi connectivity index (χ4n) is 2.39. The summed E-state index contributed by atoms with van der Waals surface area (Å²) < 4.78 is 22.9. The molecule has 15 heavy (non-hydrogen) atoms. The van der Waals surface area contributed by atoms with E-state index in [0.717, 1.165) is 17.0 Å². The second-order valence-electron chi connectivity index (χ2n) is 4.17. The highest BCUT2D eigenvalue weighted by Gasteiger charge is 2.49. The SMILES string of the molecule is O=S1(=O)C[C@H]2N=C3S[C@H](CBr)CN3[C@H]2C1. The molecule has 3 rings (SSSR count). The first kappa shape index (κ1) is 10.4. The summed E-state index contributed by atoms with van der Waals surface area (Å²) in [5.74, 6) is 0.539. The Morgan fingerprint density at radius 3 is 3.07 bits per heavy atom. The standard InChI is InChI=1S/C8H11BrN2O2S2/c9-1-5-2-11-7-4-15(12,13)3-6(7)10-8(11)14-5/h5-7H,1-4H2/t5-,6-,7+/m1/s1. The topological polar surface area (TPSA) is 49.7 Å². The zero-order chi connectivity index (χ0) is 10.6. The molecule has 0 aromatic rings. The number of hydrogen-bond acceptors (Lipinski definition) is 5. The fraction of sp³-hybridized carbons (Fsp3) is 0.875. The number of rotatable bonds is 1. The predicted octanol–water partition coefficient (Wildman–Crippen LogP) is 0.334. The lowest BCUT2D eigenvalue weighted by Gasteiger charge is -2.20. The Kier molecular flexibility index (Phi) is 2.34. The number of nitrogens with zero attached hydrogens (tertiary/aromatic N) is 2. The van der Waals surface area contributed by atoms with Crippen molar-refractivity contribution in [1.29, 1.82) is 0 Å². The monoisotopic (exact) mass is 310 g/mol. The Morgan fingerprint density at radius 1 is 1.53 bits per heavy atom. The van der Waals surface area contributed by atoms with Crippen LogP contribution in [-0.2, 0) is 9.84 Å². The first-order valence-electron chi connectivity index (χ1n) is 4.86. The van der Waals surface area contributed by atoms with E-state index in [1.807, 2.05) is 0 Å². The number of hydrogen-bond donors (Lipinski definition) is 0. The Bertz CT molecular complexity index is 422. The van der Waals surface area contributed by atoms with Crippen LogP contribution < -0.4 is 0 Å². The van der Waals surface area contributed by atoms with E-state index in [1.165, 1.54) is 0 Å². The van der Waals surface area contributed by atoms with Gasteiger partial charge in [-0.25, -0.2) is 8.42 Å². The summed E-state index contributed by atoms with van der Waals surface area (Å²) in [7, 11) is -2.84. The number of thioether (sulfide) groups is 1. The van der Waals surface area contributed by atoms with Crippen LogP contribution >= 0.6 is 27.7 Å². The number of sulfone groups is 1. The zero-order valence-corrected chi connectivity index (χ0v) is 11.2. The van der Waals surface area contributed by atoms with Gasteiger partial charge in [0.25, 0.3) is 0 Å². The van der Waals surface area contributed by atoms with Crippen LogP contribution in [0, 0.1) is 0 Å². The van der Waals surface area contributed by atoms with E-state index in [-0.39, 0.29) is 17.8 Å². The van der Waals surface area contributed by atoms with Gasteiger partial charge < -0.3 is 4.90 Å². The summed E-state index contributed by atoms with van der Waals surface area (Å²) in [5.41, 5.74) is 0. The second kappa shape index (κ2) is 3.37. The van der Waals surface area contributed by atoms with Crippen molar-refractivity contribution in [3.8, 4) is 0 Å². The van der Waals surface area contributed by atoms with E-state index >= 15 is 0 Å². The van der Waals surface area contributed by atoms with Crippen molar-refractivity contribution in [2.75, 3.05) is 23.4 Å². The van der Waals surface area contributed by atoms with Crippen molar-refractivity contribution in [2.45, 2.75) is 17.3 Å². The van der Waals surface area contributed by atoms with Gasteiger partial charge in [-0.2, -0.15) is 0 Å². The van der Waals surface area contributed by atoms with E-state index in [1.54, 1.807) is 11.8 Å². The molecule has 2 fully saturated rings. The minimum Gasteiger partial charge on any atom is -0.344 e. The summed E-state index contributed by atoms with van der Waals surface area (Å²) in [6, 6.07) is 0.135. The lowest BCUT2D eigenvalue weighted by molar-refractivity contribution is 0.361. The average molecular weight is 311 g/mol. The molecule has 4 nitrogen and oxygen atoms in total. The number of halogens is 1. The molecule has 7 heteroatoms. The highest BCUT2D eigenvalue weighted by atomic mass is 79.9. The lowest BCUT2D eigenvalue weighted by atomic mass is 10.2. The van der Waals surface area contributed by atoms with Gasteiger partial charge in [-0.15, -0.1) is 0 Å². The summed E-state index contributed by atoms with van der Waals surface area (Å²) in [5, 5.41) is 2.52. The third-order valence-electron chi connectivity index (χ3n) is 3.06. The summed E-state index contributed by atoms with van der Waals surface area (Å²) >= 11 is 5.23. The van der Waals surface area contributed by atoms with E-state index in [0.29, 0.717) is 11.0 Å². The van der Waals surface area contributed by atoms with Crippen molar-refractivity contribution >= 4 is 42.7 Å². The molecule has 3 atom stereocenters. The Morgan fingerprint density at radius 2 is 2.33 bits per heavy atom. The molecule has 3 heterocycles. The first-order chi connectivity index (χ1) is 7.09. The van der Waals surface area contributed by atoms with Crippen LogP contribution in [0.25, 0.3) is 0 Å². The number of aliphatic imine (C=N–C) groups is 1. The Balaban J connectivity index is 1.86. The highest BCUT2D eigenvalue weighted by Crippen LogP contribution is 2.38. The van der Waals surface area contributed by atoms with Gasteiger partial charge in [0.05, 0.1) is 23.6 Å². The smallest absolute Gasteiger partial charge is 0.160 e. The first-order valence-corrected chi connectivity index (χ1v) is 8.69. The Hall–Kier alpha value is 0.250. The predicted molar refractivity (Wildman–Crippen MR) is 65.5 cm³/mol. The van der Waals surface area contributed by atoms with Gasteiger partial charge in [0.2, 0.25) is 0 Å². The van der Waals surface area contributed by atoms with Crippen molar-refractivity contribution in [1.82, 2.24) is 4.90 Å².